The molecule has 0 aliphatic carbocycles. The number of aromatic nitrogens is 3. The zero-order valence-electron chi connectivity index (χ0n) is 16.7. The summed E-state index contributed by atoms with van der Waals surface area (Å²) in [7, 11) is 1.93. The summed E-state index contributed by atoms with van der Waals surface area (Å²) in [6.45, 7) is 6.68. The third-order valence-electron chi connectivity index (χ3n) is 4.67. The highest BCUT2D eigenvalue weighted by atomic mass is 16.1. The molecule has 1 aromatic carbocycles. The van der Waals surface area contributed by atoms with E-state index in [0.29, 0.717) is 11.6 Å². The highest BCUT2D eigenvalue weighted by molar-refractivity contribution is 6.03. The maximum Gasteiger partial charge on any atom is 0.274 e. The van der Waals surface area contributed by atoms with Gasteiger partial charge in [-0.1, -0.05) is 6.07 Å². The Morgan fingerprint density at radius 1 is 1.00 bits per heavy atom. The first-order valence-electron chi connectivity index (χ1n) is 9.26. The summed E-state index contributed by atoms with van der Waals surface area (Å²) >= 11 is 0. The van der Waals surface area contributed by atoms with Gasteiger partial charge in [-0.3, -0.25) is 9.78 Å². The van der Waals surface area contributed by atoms with Gasteiger partial charge >= 0.3 is 0 Å². The van der Waals surface area contributed by atoms with E-state index in [-0.39, 0.29) is 5.91 Å². The fourth-order valence-electron chi connectivity index (χ4n) is 2.80. The minimum atomic E-state index is -0.238. The molecule has 0 unspecified atom stereocenters. The maximum atomic E-state index is 12.7. The molecular weight excluding hydrogens is 350 g/mol. The Bertz CT molecular complexity index is 972. The largest absolute Gasteiger partial charge is 0.344 e. The number of likely N-dealkylation sites (N-methyl/N-ethyl adjacent to an activating group) is 1. The molecule has 0 aliphatic rings. The molecule has 1 amide bonds. The first kappa shape index (κ1) is 19.5. The topological polar surface area (TPSA) is 71.0 Å². The fraction of sp³-hybridized carbons (Fsp3) is 0.273. The number of aryl methyl sites for hydroxylation is 3. The van der Waals surface area contributed by atoms with Crippen molar-refractivity contribution in [3.8, 4) is 0 Å². The number of hydrogen-bond donors (Lipinski definition) is 1. The second-order valence-corrected chi connectivity index (χ2v) is 6.97. The van der Waals surface area contributed by atoms with Gasteiger partial charge in [-0.2, -0.15) is 0 Å². The molecule has 0 saturated heterocycles. The number of carbonyl (C=O) groups excluding carboxylic acids is 1. The van der Waals surface area contributed by atoms with Crippen LogP contribution >= 0.6 is 0 Å². The molecule has 28 heavy (non-hydrogen) atoms. The predicted octanol–water partition coefficient (Wildman–Crippen LogP) is 3.73. The van der Waals surface area contributed by atoms with E-state index in [2.05, 4.69) is 20.3 Å². The zero-order valence-corrected chi connectivity index (χ0v) is 16.7. The smallest absolute Gasteiger partial charge is 0.274 e. The molecule has 2 aromatic heterocycles. The number of rotatable bonds is 6. The van der Waals surface area contributed by atoms with Crippen molar-refractivity contribution < 1.29 is 4.79 Å². The predicted molar refractivity (Wildman–Crippen MR) is 112 cm³/mol. The SMILES string of the molecule is Cc1cc(C(=O)Nc2ccc(C)c(C)c2)nc(N(C)CCc2ccncc2)n1. The highest BCUT2D eigenvalue weighted by Gasteiger charge is 2.14. The van der Waals surface area contributed by atoms with Crippen LogP contribution in [-0.2, 0) is 6.42 Å². The van der Waals surface area contributed by atoms with Crippen LogP contribution in [0.5, 0.6) is 0 Å². The Kier molecular flexibility index (Phi) is 5.99. The van der Waals surface area contributed by atoms with Crippen molar-refractivity contribution in [1.82, 2.24) is 15.0 Å². The number of nitrogens with zero attached hydrogens (tertiary/aromatic N) is 4. The monoisotopic (exact) mass is 375 g/mol. The average Bonchev–Trinajstić information content (AvgIpc) is 2.69. The molecule has 0 fully saturated rings. The molecule has 6 heteroatoms. The summed E-state index contributed by atoms with van der Waals surface area (Å²) in [5.74, 6) is 0.303. The van der Waals surface area contributed by atoms with Gasteiger partial charge < -0.3 is 10.2 Å². The molecule has 0 radical (unpaired) electrons. The van der Waals surface area contributed by atoms with Gasteiger partial charge in [0, 0.05) is 37.4 Å². The number of carbonyl (C=O) groups is 1. The van der Waals surface area contributed by atoms with E-state index >= 15 is 0 Å². The molecule has 2 heterocycles. The van der Waals surface area contributed by atoms with Crippen LogP contribution in [0.1, 0.15) is 32.9 Å². The molecule has 0 aliphatic heterocycles. The molecular formula is C22H25N5O. The van der Waals surface area contributed by atoms with E-state index in [0.717, 1.165) is 29.9 Å². The van der Waals surface area contributed by atoms with Gasteiger partial charge in [0.2, 0.25) is 5.95 Å². The lowest BCUT2D eigenvalue weighted by Crippen LogP contribution is -2.24. The number of pyridine rings is 1. The molecule has 0 spiro atoms. The van der Waals surface area contributed by atoms with Crippen LogP contribution in [0.4, 0.5) is 11.6 Å². The normalized spacial score (nSPS) is 10.6. The molecule has 6 nitrogen and oxygen atoms in total. The van der Waals surface area contributed by atoms with E-state index < -0.39 is 0 Å². The average molecular weight is 375 g/mol. The third-order valence-corrected chi connectivity index (χ3v) is 4.67. The van der Waals surface area contributed by atoms with Crippen molar-refractivity contribution in [2.24, 2.45) is 0 Å². The van der Waals surface area contributed by atoms with Crippen LogP contribution in [0.15, 0.2) is 48.8 Å². The minimum Gasteiger partial charge on any atom is -0.344 e. The zero-order chi connectivity index (χ0) is 20.1. The molecule has 0 bridgehead atoms. The lowest BCUT2D eigenvalue weighted by Gasteiger charge is -2.18. The van der Waals surface area contributed by atoms with Gasteiger partial charge in [0.15, 0.2) is 0 Å². The van der Waals surface area contributed by atoms with E-state index in [1.54, 1.807) is 18.5 Å². The van der Waals surface area contributed by atoms with Gasteiger partial charge in [-0.25, -0.2) is 9.97 Å². The lowest BCUT2D eigenvalue weighted by atomic mass is 10.1. The highest BCUT2D eigenvalue weighted by Crippen LogP contribution is 2.16. The molecule has 144 valence electrons. The van der Waals surface area contributed by atoms with Gasteiger partial charge in [-0.15, -0.1) is 0 Å². The van der Waals surface area contributed by atoms with E-state index in [4.69, 9.17) is 0 Å². The first-order valence-corrected chi connectivity index (χ1v) is 9.26. The number of hydrogen-bond acceptors (Lipinski definition) is 5. The third kappa shape index (κ3) is 4.91. The van der Waals surface area contributed by atoms with Crippen LogP contribution in [0, 0.1) is 20.8 Å². The summed E-state index contributed by atoms with van der Waals surface area (Å²) in [6, 6.07) is 11.5. The van der Waals surface area contributed by atoms with Crippen molar-refractivity contribution in [2.45, 2.75) is 27.2 Å². The quantitative estimate of drug-likeness (QED) is 0.711. The van der Waals surface area contributed by atoms with Gasteiger partial charge in [0.25, 0.3) is 5.91 Å². The second kappa shape index (κ2) is 8.61. The minimum absolute atomic E-state index is 0.238. The van der Waals surface area contributed by atoms with Crippen LogP contribution in [-0.4, -0.2) is 34.5 Å². The Balaban J connectivity index is 1.72. The van der Waals surface area contributed by atoms with Crippen molar-refractivity contribution in [3.63, 3.8) is 0 Å². The number of anilines is 2. The maximum absolute atomic E-state index is 12.7. The van der Waals surface area contributed by atoms with Crippen LogP contribution in [0.25, 0.3) is 0 Å². The number of amides is 1. The van der Waals surface area contributed by atoms with Crippen molar-refractivity contribution in [2.75, 3.05) is 23.8 Å². The molecule has 0 atom stereocenters. The molecule has 0 saturated carbocycles. The van der Waals surface area contributed by atoms with Crippen molar-refractivity contribution in [1.29, 1.82) is 0 Å². The molecule has 3 rings (SSSR count). The first-order chi connectivity index (χ1) is 13.4. The molecule has 1 N–H and O–H groups in total. The van der Waals surface area contributed by atoms with Crippen LogP contribution < -0.4 is 10.2 Å². The Morgan fingerprint density at radius 3 is 2.46 bits per heavy atom. The van der Waals surface area contributed by atoms with E-state index in [1.165, 1.54) is 11.1 Å². The summed E-state index contributed by atoms with van der Waals surface area (Å²) < 4.78 is 0. The summed E-state index contributed by atoms with van der Waals surface area (Å²) in [6.07, 6.45) is 4.42. The van der Waals surface area contributed by atoms with Gasteiger partial charge in [0.1, 0.15) is 5.69 Å². The second-order valence-electron chi connectivity index (χ2n) is 6.97. The van der Waals surface area contributed by atoms with Crippen LogP contribution in [0.2, 0.25) is 0 Å². The van der Waals surface area contributed by atoms with E-state index in [9.17, 15) is 4.79 Å². The Labute approximate surface area is 165 Å². The van der Waals surface area contributed by atoms with Crippen molar-refractivity contribution >= 4 is 17.5 Å². The molecule has 3 aromatic rings. The van der Waals surface area contributed by atoms with E-state index in [1.807, 2.05) is 63.1 Å². The number of nitrogens with one attached hydrogen (secondary N) is 1. The summed E-state index contributed by atoms with van der Waals surface area (Å²) in [4.78, 5) is 27.6. The summed E-state index contributed by atoms with van der Waals surface area (Å²) in [5, 5.41) is 2.92. The Morgan fingerprint density at radius 2 is 1.75 bits per heavy atom. The van der Waals surface area contributed by atoms with Gasteiger partial charge in [0.05, 0.1) is 0 Å². The number of benzene rings is 1. The Hall–Kier alpha value is -3.28. The fourth-order valence-corrected chi connectivity index (χ4v) is 2.80. The van der Waals surface area contributed by atoms with Gasteiger partial charge in [-0.05, 0) is 74.2 Å². The van der Waals surface area contributed by atoms with Crippen molar-refractivity contribution in [3.05, 3.63) is 76.9 Å². The summed E-state index contributed by atoms with van der Waals surface area (Å²) in [5.41, 5.74) is 5.39. The van der Waals surface area contributed by atoms with Crippen LogP contribution in [0.3, 0.4) is 0 Å². The standard InChI is InChI=1S/C22H25N5O/c1-15-5-6-19(13-16(15)2)25-21(28)20-14-17(3)24-22(26-20)27(4)12-9-18-7-10-23-11-8-18/h5-8,10-11,13-14H,9,12H2,1-4H3,(H,25,28). The lowest BCUT2D eigenvalue weighted by molar-refractivity contribution is 0.102.